The highest BCUT2D eigenvalue weighted by molar-refractivity contribution is 9.10. The van der Waals surface area contributed by atoms with Gasteiger partial charge in [0.15, 0.2) is 11.5 Å². The van der Waals surface area contributed by atoms with Crippen LogP contribution >= 0.6 is 39.1 Å². The average molecular weight is 509 g/mol. The maximum Gasteiger partial charge on any atom is 0.175 e. The molecule has 0 saturated heterocycles. The molecular weight excluding hydrogens is 485 g/mol. The third kappa shape index (κ3) is 5.84. The third-order valence-corrected chi connectivity index (χ3v) is 5.80. The molecule has 1 N–H and O–H groups in total. The van der Waals surface area contributed by atoms with Crippen LogP contribution in [0.25, 0.3) is 0 Å². The number of hydrogen-bond donors (Lipinski definition) is 1. The summed E-state index contributed by atoms with van der Waals surface area (Å²) in [6.45, 7) is 7.68. The Hall–Kier alpha value is -1.88. The topological polar surface area (TPSA) is 30.5 Å². The molecule has 0 aliphatic heterocycles. The lowest BCUT2D eigenvalue weighted by atomic mass is 10.1. The Morgan fingerprint density at radius 1 is 0.967 bits per heavy atom. The predicted octanol–water partition coefficient (Wildman–Crippen LogP) is 7.96. The number of benzene rings is 3. The van der Waals surface area contributed by atoms with Crippen molar-refractivity contribution in [2.45, 2.75) is 33.9 Å². The molecule has 3 rings (SSSR count). The number of ether oxygens (including phenoxy) is 2. The van der Waals surface area contributed by atoms with Crippen LogP contribution in [0.3, 0.4) is 0 Å². The molecule has 0 bridgehead atoms. The standard InChI is InChI=1S/C24H24BrCl2NO2/c1-4-29-23-11-17(13-28-22-8-5-15(2)9-16(22)3)10-20(25)24(23)30-14-18-6-7-19(26)12-21(18)27/h5-12,28H,4,13-14H2,1-3H3. The van der Waals surface area contributed by atoms with Crippen molar-refractivity contribution in [2.75, 3.05) is 11.9 Å². The number of nitrogens with one attached hydrogen (secondary N) is 1. The predicted molar refractivity (Wildman–Crippen MR) is 129 cm³/mol. The minimum absolute atomic E-state index is 0.314. The second-order valence-electron chi connectivity index (χ2n) is 7.03. The quantitative estimate of drug-likeness (QED) is 0.334. The fourth-order valence-corrected chi connectivity index (χ4v) is 4.19. The molecular formula is C24H24BrCl2NO2. The third-order valence-electron chi connectivity index (χ3n) is 4.62. The first-order chi connectivity index (χ1) is 14.4. The van der Waals surface area contributed by atoms with Crippen molar-refractivity contribution < 1.29 is 9.47 Å². The molecule has 0 amide bonds. The highest BCUT2D eigenvalue weighted by atomic mass is 79.9. The van der Waals surface area contributed by atoms with Crippen LogP contribution in [0, 0.1) is 13.8 Å². The van der Waals surface area contributed by atoms with Crippen LogP contribution in [-0.4, -0.2) is 6.61 Å². The van der Waals surface area contributed by atoms with Gasteiger partial charge in [-0.1, -0.05) is 47.0 Å². The summed E-state index contributed by atoms with van der Waals surface area (Å²) in [5.41, 5.74) is 5.53. The van der Waals surface area contributed by atoms with E-state index in [1.807, 2.05) is 25.1 Å². The Morgan fingerprint density at radius 3 is 2.47 bits per heavy atom. The van der Waals surface area contributed by atoms with E-state index >= 15 is 0 Å². The molecule has 3 aromatic carbocycles. The Balaban J connectivity index is 1.77. The fraction of sp³-hybridized carbons (Fsp3) is 0.250. The Labute approximate surface area is 196 Å². The summed E-state index contributed by atoms with van der Waals surface area (Å²) in [5, 5.41) is 4.67. The number of anilines is 1. The first-order valence-electron chi connectivity index (χ1n) is 9.70. The summed E-state index contributed by atoms with van der Waals surface area (Å²) in [6.07, 6.45) is 0. The minimum atomic E-state index is 0.314. The Bertz CT molecular complexity index is 1040. The van der Waals surface area contributed by atoms with Crippen LogP contribution in [0.1, 0.15) is 29.2 Å². The van der Waals surface area contributed by atoms with Crippen molar-refractivity contribution in [1.82, 2.24) is 0 Å². The average Bonchev–Trinajstić information content (AvgIpc) is 2.68. The van der Waals surface area contributed by atoms with Gasteiger partial charge in [-0.3, -0.25) is 0 Å². The highest BCUT2D eigenvalue weighted by Gasteiger charge is 2.14. The summed E-state index contributed by atoms with van der Waals surface area (Å²) in [4.78, 5) is 0. The van der Waals surface area contributed by atoms with Gasteiger partial charge in [0.05, 0.1) is 11.1 Å². The van der Waals surface area contributed by atoms with E-state index in [2.05, 4.69) is 53.3 Å². The molecule has 6 heteroatoms. The maximum atomic E-state index is 6.27. The van der Waals surface area contributed by atoms with Crippen molar-refractivity contribution in [2.24, 2.45) is 0 Å². The summed E-state index contributed by atoms with van der Waals surface area (Å²) >= 11 is 15.9. The van der Waals surface area contributed by atoms with E-state index in [9.17, 15) is 0 Å². The van der Waals surface area contributed by atoms with Gasteiger partial charge < -0.3 is 14.8 Å². The largest absolute Gasteiger partial charge is 0.490 e. The smallest absolute Gasteiger partial charge is 0.175 e. The van der Waals surface area contributed by atoms with Gasteiger partial charge in [0, 0.05) is 27.8 Å². The van der Waals surface area contributed by atoms with Crippen molar-refractivity contribution >= 4 is 44.8 Å². The van der Waals surface area contributed by atoms with E-state index in [-0.39, 0.29) is 0 Å². The zero-order chi connectivity index (χ0) is 21.7. The molecule has 0 atom stereocenters. The van der Waals surface area contributed by atoms with Crippen LogP contribution in [0.5, 0.6) is 11.5 Å². The van der Waals surface area contributed by atoms with E-state index in [1.165, 1.54) is 11.1 Å². The second-order valence-corrected chi connectivity index (χ2v) is 8.73. The van der Waals surface area contributed by atoms with Gasteiger partial charge in [-0.15, -0.1) is 0 Å². The molecule has 3 nitrogen and oxygen atoms in total. The maximum absolute atomic E-state index is 6.27. The normalized spacial score (nSPS) is 10.7. The Morgan fingerprint density at radius 2 is 1.77 bits per heavy atom. The monoisotopic (exact) mass is 507 g/mol. The van der Waals surface area contributed by atoms with E-state index in [0.29, 0.717) is 41.3 Å². The molecule has 0 aliphatic rings. The van der Waals surface area contributed by atoms with E-state index in [1.54, 1.807) is 12.1 Å². The van der Waals surface area contributed by atoms with Gasteiger partial charge >= 0.3 is 0 Å². The summed E-state index contributed by atoms with van der Waals surface area (Å²) in [7, 11) is 0. The summed E-state index contributed by atoms with van der Waals surface area (Å²) in [6, 6.07) is 15.8. The van der Waals surface area contributed by atoms with Crippen molar-refractivity contribution in [3.05, 3.63) is 85.3 Å². The zero-order valence-electron chi connectivity index (χ0n) is 17.2. The van der Waals surface area contributed by atoms with Crippen LogP contribution in [0.2, 0.25) is 10.0 Å². The molecule has 0 radical (unpaired) electrons. The van der Waals surface area contributed by atoms with Gasteiger partial charge in [0.25, 0.3) is 0 Å². The number of aryl methyl sites for hydroxylation is 2. The molecule has 158 valence electrons. The van der Waals surface area contributed by atoms with Crippen LogP contribution in [-0.2, 0) is 13.2 Å². The molecule has 0 aromatic heterocycles. The summed E-state index contributed by atoms with van der Waals surface area (Å²) in [5.74, 6) is 1.34. The number of hydrogen-bond acceptors (Lipinski definition) is 3. The lowest BCUT2D eigenvalue weighted by molar-refractivity contribution is 0.267. The van der Waals surface area contributed by atoms with Gasteiger partial charge in [-0.25, -0.2) is 0 Å². The van der Waals surface area contributed by atoms with Crippen LogP contribution in [0.15, 0.2) is 53.0 Å². The molecule has 30 heavy (non-hydrogen) atoms. The van der Waals surface area contributed by atoms with Gasteiger partial charge in [-0.2, -0.15) is 0 Å². The lowest BCUT2D eigenvalue weighted by Crippen LogP contribution is -2.05. The van der Waals surface area contributed by atoms with Crippen molar-refractivity contribution in [3.63, 3.8) is 0 Å². The first-order valence-corrected chi connectivity index (χ1v) is 11.3. The molecule has 3 aromatic rings. The molecule has 0 fully saturated rings. The molecule has 0 aliphatic carbocycles. The molecule has 0 heterocycles. The first kappa shape index (κ1) is 22.8. The fourth-order valence-electron chi connectivity index (χ4n) is 3.12. The lowest BCUT2D eigenvalue weighted by Gasteiger charge is -2.17. The van der Waals surface area contributed by atoms with Crippen molar-refractivity contribution in [3.8, 4) is 11.5 Å². The molecule has 0 spiro atoms. The molecule has 0 unspecified atom stereocenters. The van der Waals surface area contributed by atoms with Gasteiger partial charge in [-0.05, 0) is 78.2 Å². The molecule has 0 saturated carbocycles. The Kier molecular flexibility index (Phi) is 7.93. The summed E-state index contributed by atoms with van der Waals surface area (Å²) < 4.78 is 12.7. The SMILES string of the molecule is CCOc1cc(CNc2ccc(C)cc2C)cc(Br)c1OCc1ccc(Cl)cc1Cl. The van der Waals surface area contributed by atoms with Crippen molar-refractivity contribution in [1.29, 1.82) is 0 Å². The van der Waals surface area contributed by atoms with Gasteiger partial charge in [0.2, 0.25) is 0 Å². The van der Waals surface area contributed by atoms with E-state index < -0.39 is 0 Å². The zero-order valence-corrected chi connectivity index (χ0v) is 20.3. The second kappa shape index (κ2) is 10.4. The number of halogens is 3. The minimum Gasteiger partial charge on any atom is -0.490 e. The van der Waals surface area contributed by atoms with E-state index in [0.717, 1.165) is 21.3 Å². The number of rotatable bonds is 8. The van der Waals surface area contributed by atoms with Crippen LogP contribution < -0.4 is 14.8 Å². The highest BCUT2D eigenvalue weighted by Crippen LogP contribution is 2.38. The van der Waals surface area contributed by atoms with E-state index in [4.69, 9.17) is 32.7 Å². The van der Waals surface area contributed by atoms with Gasteiger partial charge in [0.1, 0.15) is 6.61 Å². The van der Waals surface area contributed by atoms with Crippen LogP contribution in [0.4, 0.5) is 5.69 Å².